The molecule has 0 aliphatic rings. The number of phenols is 1. The first-order valence-electron chi connectivity index (χ1n) is 9.99. The van der Waals surface area contributed by atoms with Crippen molar-refractivity contribution in [1.82, 2.24) is 0 Å². The number of non-ortho nitro benzene ring substituents is 1. The van der Waals surface area contributed by atoms with Crippen molar-refractivity contribution in [1.29, 1.82) is 0 Å². The zero-order valence-electron chi connectivity index (χ0n) is 19.1. The van der Waals surface area contributed by atoms with Crippen molar-refractivity contribution in [2.45, 2.75) is 4.90 Å². The summed E-state index contributed by atoms with van der Waals surface area (Å²) in [6.45, 7) is 0. The summed E-state index contributed by atoms with van der Waals surface area (Å²) >= 11 is 0. The van der Waals surface area contributed by atoms with E-state index >= 15 is 0 Å². The van der Waals surface area contributed by atoms with E-state index in [1.807, 2.05) is 18.2 Å². The van der Waals surface area contributed by atoms with Crippen LogP contribution in [-0.4, -0.2) is 30.1 Å². The molecule has 13 heteroatoms. The number of nitrogens with one attached hydrogen (secondary N) is 1. The number of nitrogens with zero attached hydrogens (tertiary/aromatic N) is 3. The van der Waals surface area contributed by atoms with Crippen LogP contribution in [0.1, 0.15) is 0 Å². The molecule has 0 aliphatic carbocycles. The van der Waals surface area contributed by atoms with Gasteiger partial charge in [-0.2, -0.15) is 0 Å². The van der Waals surface area contributed by atoms with Gasteiger partial charge in [-0.1, -0.05) is 24.3 Å². The first kappa shape index (κ1) is 27.0. The van der Waals surface area contributed by atoms with Crippen LogP contribution in [-0.2, 0) is 10.1 Å². The number of phenolic OH excluding ortho intramolecular Hbond substituents is 1. The maximum Gasteiger partial charge on any atom is 1.00 e. The van der Waals surface area contributed by atoms with Crippen LogP contribution in [0.5, 0.6) is 11.5 Å². The minimum Gasteiger partial charge on any atom is -0.744 e. The molecule has 178 valence electrons. The molecule has 0 fully saturated rings. The fourth-order valence-electron chi connectivity index (χ4n) is 3.39. The molecule has 0 radical (unpaired) electrons. The van der Waals surface area contributed by atoms with Gasteiger partial charge in [-0.3, -0.25) is 10.1 Å². The van der Waals surface area contributed by atoms with Crippen LogP contribution < -0.4 is 39.6 Å². The van der Waals surface area contributed by atoms with Gasteiger partial charge < -0.3 is 19.7 Å². The standard InChI is InChI=1S/C23H18N4O7S.Na/c1-34-21-12-16(27(29)30)8-10-18(21)25-26-23-19(24-15-5-3-2-4-6-15)9-7-14-11-17(35(31,32)33)13-20(28)22(14)23;/h2-13,24,28H,1H3,(H,31,32,33);/q;+1/p-1. The summed E-state index contributed by atoms with van der Waals surface area (Å²) in [5, 5.41) is 33.7. The van der Waals surface area contributed by atoms with E-state index < -0.39 is 25.7 Å². The third-order valence-corrected chi connectivity index (χ3v) is 5.83. The quantitative estimate of drug-likeness (QED) is 0.124. The van der Waals surface area contributed by atoms with Crippen LogP contribution in [0.15, 0.2) is 87.9 Å². The molecule has 36 heavy (non-hydrogen) atoms. The number of benzene rings is 4. The molecule has 0 aliphatic heterocycles. The monoisotopic (exact) mass is 516 g/mol. The first-order chi connectivity index (χ1) is 16.7. The van der Waals surface area contributed by atoms with Crippen molar-refractivity contribution in [3.8, 4) is 11.5 Å². The zero-order chi connectivity index (χ0) is 25.2. The second-order valence-corrected chi connectivity index (χ2v) is 8.64. The molecular formula is C23H17N4NaO7S. The third kappa shape index (κ3) is 5.80. The number of fused-ring (bicyclic) bond motifs is 1. The summed E-state index contributed by atoms with van der Waals surface area (Å²) in [6.07, 6.45) is 0. The molecule has 0 saturated carbocycles. The van der Waals surface area contributed by atoms with E-state index in [2.05, 4.69) is 15.5 Å². The number of nitro benzene ring substituents is 1. The molecule has 0 bridgehead atoms. The minimum absolute atomic E-state index is 0. The first-order valence-corrected chi connectivity index (χ1v) is 11.4. The Morgan fingerprint density at radius 3 is 2.36 bits per heavy atom. The van der Waals surface area contributed by atoms with Gasteiger partial charge in [0.05, 0.1) is 34.1 Å². The summed E-state index contributed by atoms with van der Waals surface area (Å²) in [7, 11) is -3.49. The van der Waals surface area contributed by atoms with Gasteiger partial charge in [0.15, 0.2) is 5.75 Å². The number of ether oxygens (including phenoxy) is 1. The van der Waals surface area contributed by atoms with Crippen molar-refractivity contribution in [3.05, 3.63) is 82.9 Å². The number of aromatic hydroxyl groups is 1. The van der Waals surface area contributed by atoms with Crippen LogP contribution in [0.3, 0.4) is 0 Å². The molecule has 0 unspecified atom stereocenters. The largest absolute Gasteiger partial charge is 1.00 e. The summed E-state index contributed by atoms with van der Waals surface area (Å²) in [6, 6.07) is 18.0. The van der Waals surface area contributed by atoms with E-state index in [9.17, 15) is 28.2 Å². The summed E-state index contributed by atoms with van der Waals surface area (Å²) in [5.41, 5.74) is 1.25. The van der Waals surface area contributed by atoms with E-state index in [0.29, 0.717) is 11.4 Å². The SMILES string of the molecule is COc1cc([N+](=O)[O-])ccc1N=Nc1c(Nc2ccccc2)ccc2cc(S(=O)(=O)[O-])cc(O)c12.[Na+]. The van der Waals surface area contributed by atoms with E-state index in [0.717, 1.165) is 12.1 Å². The molecule has 0 saturated heterocycles. The van der Waals surface area contributed by atoms with Crippen LogP contribution in [0, 0.1) is 10.1 Å². The number of rotatable bonds is 7. The molecule has 0 spiro atoms. The maximum atomic E-state index is 11.5. The van der Waals surface area contributed by atoms with Crippen LogP contribution in [0.4, 0.5) is 28.4 Å². The van der Waals surface area contributed by atoms with Gasteiger partial charge in [-0.25, -0.2) is 8.42 Å². The molecule has 4 aromatic rings. The fraction of sp³-hybridized carbons (Fsp3) is 0.0435. The Hall–Kier alpha value is -3.55. The molecule has 11 nitrogen and oxygen atoms in total. The fourth-order valence-corrected chi connectivity index (χ4v) is 3.92. The van der Waals surface area contributed by atoms with Gasteiger partial charge in [-0.05, 0) is 41.8 Å². The average Bonchev–Trinajstić information content (AvgIpc) is 2.83. The van der Waals surface area contributed by atoms with Gasteiger partial charge in [0.2, 0.25) is 0 Å². The van der Waals surface area contributed by atoms with Crippen molar-refractivity contribution in [2.24, 2.45) is 10.2 Å². The molecule has 0 amide bonds. The van der Waals surface area contributed by atoms with Gasteiger partial charge in [0.25, 0.3) is 5.69 Å². The van der Waals surface area contributed by atoms with Crippen LogP contribution in [0.2, 0.25) is 0 Å². The summed E-state index contributed by atoms with van der Waals surface area (Å²) < 4.78 is 39.7. The van der Waals surface area contributed by atoms with Gasteiger partial charge in [0, 0.05) is 11.8 Å². The van der Waals surface area contributed by atoms with E-state index in [1.165, 1.54) is 31.4 Å². The number of para-hydroxylation sites is 1. The Labute approximate surface area is 227 Å². The van der Waals surface area contributed by atoms with Crippen molar-refractivity contribution in [3.63, 3.8) is 0 Å². The van der Waals surface area contributed by atoms with Crippen molar-refractivity contribution >= 4 is 49.3 Å². The van der Waals surface area contributed by atoms with Gasteiger partial charge in [0.1, 0.15) is 27.2 Å². The second kappa shape index (κ2) is 11.0. The van der Waals surface area contributed by atoms with E-state index in [1.54, 1.807) is 18.2 Å². The summed E-state index contributed by atoms with van der Waals surface area (Å²) in [4.78, 5) is 9.89. The molecule has 0 heterocycles. The predicted octanol–water partition coefficient (Wildman–Crippen LogP) is 2.53. The molecule has 0 aromatic heterocycles. The van der Waals surface area contributed by atoms with Crippen molar-refractivity contribution < 1.29 is 57.3 Å². The third-order valence-electron chi connectivity index (χ3n) is 5.02. The molecule has 0 atom stereocenters. The van der Waals surface area contributed by atoms with Gasteiger partial charge >= 0.3 is 29.6 Å². The van der Waals surface area contributed by atoms with E-state index in [-0.39, 0.29) is 63.1 Å². The van der Waals surface area contributed by atoms with Gasteiger partial charge in [-0.15, -0.1) is 10.2 Å². The molecule has 2 N–H and O–H groups in total. The maximum absolute atomic E-state index is 11.5. The van der Waals surface area contributed by atoms with E-state index in [4.69, 9.17) is 4.74 Å². The Morgan fingerprint density at radius 2 is 1.72 bits per heavy atom. The Bertz CT molecular complexity index is 1580. The topological polar surface area (TPSA) is 167 Å². The predicted molar refractivity (Wildman–Crippen MR) is 127 cm³/mol. The Balaban J connectivity index is 0.00000361. The smallest absolute Gasteiger partial charge is 0.744 e. The normalized spacial score (nSPS) is 11.3. The number of azo groups is 1. The Kier molecular flexibility index (Phi) is 8.28. The number of methoxy groups -OCH3 is 1. The zero-order valence-corrected chi connectivity index (χ0v) is 21.9. The second-order valence-electron chi connectivity index (χ2n) is 7.26. The number of nitro groups is 1. The molecule has 4 aromatic carbocycles. The minimum atomic E-state index is -4.81. The summed E-state index contributed by atoms with van der Waals surface area (Å²) in [5.74, 6) is -0.386. The number of hydrogen-bond acceptors (Lipinski definition) is 10. The molecular weight excluding hydrogens is 499 g/mol. The molecule has 4 rings (SSSR count). The van der Waals surface area contributed by atoms with Crippen LogP contribution in [0.25, 0.3) is 10.8 Å². The van der Waals surface area contributed by atoms with Crippen molar-refractivity contribution in [2.75, 3.05) is 12.4 Å². The Morgan fingerprint density at radius 1 is 1.00 bits per heavy atom. The number of anilines is 2. The number of hydrogen-bond donors (Lipinski definition) is 2. The average molecular weight is 516 g/mol. The van der Waals surface area contributed by atoms with Crippen LogP contribution >= 0.6 is 0 Å².